The van der Waals surface area contributed by atoms with Crippen LogP contribution in [0.2, 0.25) is 0 Å². The molecule has 8 aromatic carbocycles. The van der Waals surface area contributed by atoms with Gasteiger partial charge in [-0.25, -0.2) is 9.97 Å². The van der Waals surface area contributed by atoms with E-state index in [0.29, 0.717) is 0 Å². The molecule has 0 unspecified atom stereocenters. The number of hydrogen-bond donors (Lipinski definition) is 0. The van der Waals surface area contributed by atoms with Crippen molar-refractivity contribution in [3.05, 3.63) is 188 Å². The number of nitrogens with zero attached hydrogens (tertiary/aromatic N) is 3. The monoisotopic (exact) mass is 705 g/mol. The lowest BCUT2D eigenvalue weighted by atomic mass is 9.98. The Morgan fingerprint density at radius 3 is 1.74 bits per heavy atom. The van der Waals surface area contributed by atoms with Crippen LogP contribution in [-0.4, -0.2) is 14.5 Å². The lowest BCUT2D eigenvalue weighted by molar-refractivity contribution is 1.18. The first-order valence-electron chi connectivity index (χ1n) is 18.2. The minimum absolute atomic E-state index is 0.728. The maximum atomic E-state index is 5.16. The van der Waals surface area contributed by atoms with Gasteiger partial charge in [-0.05, 0) is 82.9 Å². The van der Waals surface area contributed by atoms with E-state index in [1.54, 1.807) is 0 Å². The highest BCUT2D eigenvalue weighted by atomic mass is 32.1. The number of hydrogen-bond acceptors (Lipinski definition) is 3. The molecule has 4 heteroatoms. The highest BCUT2D eigenvalue weighted by Gasteiger charge is 2.17. The number of fused-ring (bicyclic) bond motifs is 7. The minimum Gasteiger partial charge on any atom is -0.309 e. The Hall–Kier alpha value is -6.88. The molecule has 3 nitrogen and oxygen atoms in total. The first-order chi connectivity index (χ1) is 26.7. The van der Waals surface area contributed by atoms with Crippen molar-refractivity contribution in [3.63, 3.8) is 0 Å². The lowest BCUT2D eigenvalue weighted by Crippen LogP contribution is -1.96. The maximum absolute atomic E-state index is 5.16. The molecule has 11 rings (SSSR count). The highest BCUT2D eigenvalue weighted by Crippen LogP contribution is 2.40. The molecule has 3 heterocycles. The van der Waals surface area contributed by atoms with Gasteiger partial charge in [-0.15, -0.1) is 11.3 Å². The van der Waals surface area contributed by atoms with Crippen molar-refractivity contribution in [1.29, 1.82) is 0 Å². The fourth-order valence-electron chi connectivity index (χ4n) is 7.98. The van der Waals surface area contributed by atoms with Gasteiger partial charge >= 0.3 is 0 Å². The van der Waals surface area contributed by atoms with Gasteiger partial charge in [-0.1, -0.05) is 127 Å². The van der Waals surface area contributed by atoms with Gasteiger partial charge < -0.3 is 4.57 Å². The summed E-state index contributed by atoms with van der Waals surface area (Å²) in [7, 11) is 0. The van der Waals surface area contributed by atoms with E-state index in [-0.39, 0.29) is 0 Å². The van der Waals surface area contributed by atoms with Gasteiger partial charge in [-0.2, -0.15) is 0 Å². The Morgan fingerprint density at radius 2 is 0.944 bits per heavy atom. The Balaban J connectivity index is 1.09. The van der Waals surface area contributed by atoms with Gasteiger partial charge in [0.25, 0.3) is 0 Å². The van der Waals surface area contributed by atoms with Gasteiger partial charge in [0.15, 0.2) is 5.82 Å². The lowest BCUT2D eigenvalue weighted by Gasteiger charge is -2.12. The molecule has 252 valence electrons. The van der Waals surface area contributed by atoms with Gasteiger partial charge in [0, 0.05) is 53.1 Å². The quantitative estimate of drug-likeness (QED) is 0.178. The summed E-state index contributed by atoms with van der Waals surface area (Å²) in [4.78, 5) is 10.2. The maximum Gasteiger partial charge on any atom is 0.160 e. The van der Waals surface area contributed by atoms with Crippen LogP contribution in [0.15, 0.2) is 188 Å². The van der Waals surface area contributed by atoms with E-state index in [2.05, 4.69) is 168 Å². The average Bonchev–Trinajstić information content (AvgIpc) is 3.78. The van der Waals surface area contributed by atoms with Gasteiger partial charge in [-0.3, -0.25) is 0 Å². The molecule has 3 aromatic heterocycles. The standard InChI is InChI=1S/C50H31N3S/c1-4-12-32(13-5-1)49-43-30-34(21-25-44(43)51-50(52-49)33-14-6-2-7-15-33)37-20-24-39-41-28-35(22-26-45(41)53(46(39)31-37)38-16-8-3-9-17-38)36-23-27-48-42(29-36)40-18-10-11-19-47(40)54-48/h1-31H. The molecule has 0 aliphatic rings. The Morgan fingerprint density at radius 1 is 0.352 bits per heavy atom. The van der Waals surface area contributed by atoms with Crippen LogP contribution in [0.1, 0.15) is 0 Å². The summed E-state index contributed by atoms with van der Waals surface area (Å²) in [6, 6.07) is 67.4. The molecule has 0 aliphatic carbocycles. The predicted octanol–water partition coefficient (Wildman–Crippen LogP) is 13.8. The molecule has 0 saturated heterocycles. The Kier molecular flexibility index (Phi) is 7.04. The zero-order valence-corrected chi connectivity index (χ0v) is 30.0. The molecule has 0 aliphatic heterocycles. The predicted molar refractivity (Wildman–Crippen MR) is 229 cm³/mol. The number of rotatable bonds is 5. The van der Waals surface area contributed by atoms with Crippen molar-refractivity contribution in [1.82, 2.24) is 14.5 Å². The van der Waals surface area contributed by atoms with Crippen LogP contribution >= 0.6 is 11.3 Å². The van der Waals surface area contributed by atoms with E-state index in [1.165, 1.54) is 53.1 Å². The molecule has 54 heavy (non-hydrogen) atoms. The van der Waals surface area contributed by atoms with Gasteiger partial charge in [0.2, 0.25) is 0 Å². The molecule has 0 bridgehead atoms. The van der Waals surface area contributed by atoms with Crippen LogP contribution in [0.4, 0.5) is 0 Å². The number of benzene rings is 8. The summed E-state index contributed by atoms with van der Waals surface area (Å²) < 4.78 is 5.05. The zero-order chi connectivity index (χ0) is 35.6. The van der Waals surface area contributed by atoms with Gasteiger partial charge in [0.1, 0.15) is 0 Å². The Bertz CT molecular complexity index is 3200. The van der Waals surface area contributed by atoms with Crippen molar-refractivity contribution in [3.8, 4) is 50.6 Å². The summed E-state index contributed by atoms with van der Waals surface area (Å²) in [5.74, 6) is 0.728. The minimum atomic E-state index is 0.728. The second kappa shape index (κ2) is 12.4. The van der Waals surface area contributed by atoms with Crippen molar-refractivity contribution in [2.45, 2.75) is 0 Å². The first-order valence-corrected chi connectivity index (χ1v) is 19.1. The molecular formula is C50H31N3S. The topological polar surface area (TPSA) is 30.7 Å². The largest absolute Gasteiger partial charge is 0.309 e. The van der Waals surface area contributed by atoms with Gasteiger partial charge in [0.05, 0.1) is 22.2 Å². The average molecular weight is 706 g/mol. The zero-order valence-electron chi connectivity index (χ0n) is 29.1. The second-order valence-corrected chi connectivity index (χ2v) is 14.9. The summed E-state index contributed by atoms with van der Waals surface area (Å²) >= 11 is 1.86. The van der Waals surface area contributed by atoms with Crippen LogP contribution in [0.3, 0.4) is 0 Å². The second-order valence-electron chi connectivity index (χ2n) is 13.8. The number of aromatic nitrogens is 3. The molecule has 0 spiro atoms. The van der Waals surface area contributed by atoms with E-state index in [0.717, 1.165) is 50.4 Å². The summed E-state index contributed by atoms with van der Waals surface area (Å²) in [6.07, 6.45) is 0. The van der Waals surface area contributed by atoms with E-state index in [1.807, 2.05) is 35.6 Å². The smallest absolute Gasteiger partial charge is 0.160 e. The third-order valence-corrected chi connectivity index (χ3v) is 11.8. The molecule has 11 aromatic rings. The van der Waals surface area contributed by atoms with E-state index < -0.39 is 0 Å². The number of para-hydroxylation sites is 1. The van der Waals surface area contributed by atoms with Crippen LogP contribution in [0, 0.1) is 0 Å². The van der Waals surface area contributed by atoms with Crippen LogP contribution in [0.5, 0.6) is 0 Å². The summed E-state index contributed by atoms with van der Waals surface area (Å²) in [6.45, 7) is 0. The molecule has 0 N–H and O–H groups in total. The molecule has 0 saturated carbocycles. The van der Waals surface area contributed by atoms with Crippen molar-refractivity contribution in [2.24, 2.45) is 0 Å². The van der Waals surface area contributed by atoms with Crippen molar-refractivity contribution in [2.75, 3.05) is 0 Å². The highest BCUT2D eigenvalue weighted by molar-refractivity contribution is 7.25. The fraction of sp³-hybridized carbons (Fsp3) is 0. The molecule has 0 fully saturated rings. The normalized spacial score (nSPS) is 11.7. The summed E-state index contributed by atoms with van der Waals surface area (Å²) in [5, 5.41) is 6.13. The van der Waals surface area contributed by atoms with E-state index in [9.17, 15) is 0 Å². The fourth-order valence-corrected chi connectivity index (χ4v) is 9.07. The van der Waals surface area contributed by atoms with Crippen LogP contribution in [0.25, 0.3) is 103 Å². The van der Waals surface area contributed by atoms with E-state index >= 15 is 0 Å². The third-order valence-electron chi connectivity index (χ3n) is 10.6. The SMILES string of the molecule is c1ccc(-c2nc(-c3ccccc3)c3cc(-c4ccc5c6cc(-c7ccc8sc9ccccc9c8c7)ccc6n(-c6ccccc6)c5c4)ccc3n2)cc1. The number of thiophene rings is 1. The third kappa shape index (κ3) is 5.03. The first kappa shape index (κ1) is 30.7. The molecule has 0 atom stereocenters. The molecule has 0 amide bonds. The van der Waals surface area contributed by atoms with Crippen molar-refractivity contribution >= 4 is 64.2 Å². The molecular weight excluding hydrogens is 675 g/mol. The molecule has 0 radical (unpaired) electrons. The van der Waals surface area contributed by atoms with Crippen molar-refractivity contribution < 1.29 is 0 Å². The summed E-state index contributed by atoms with van der Waals surface area (Å²) in [5.41, 5.74) is 12.1. The van der Waals surface area contributed by atoms with Crippen LogP contribution in [-0.2, 0) is 0 Å². The van der Waals surface area contributed by atoms with E-state index in [4.69, 9.17) is 9.97 Å². The Labute approximate surface area is 316 Å². The van der Waals surface area contributed by atoms with Crippen LogP contribution < -0.4 is 0 Å².